The van der Waals surface area contributed by atoms with Crippen LogP contribution in [0.25, 0.3) is 0 Å². The Morgan fingerprint density at radius 1 is 1.25 bits per heavy atom. The SMILES string of the molecule is C=CCOC(=O)c1ccccc1C(=O)O[SiH](C)CCC. The highest BCUT2D eigenvalue weighted by Gasteiger charge is 2.20. The summed E-state index contributed by atoms with van der Waals surface area (Å²) in [6.45, 7) is 7.62. The van der Waals surface area contributed by atoms with Crippen molar-refractivity contribution < 1.29 is 18.8 Å². The molecule has 0 bridgehead atoms. The lowest BCUT2D eigenvalue weighted by Crippen LogP contribution is -2.21. The molecule has 0 aliphatic rings. The predicted octanol–water partition coefficient (Wildman–Crippen LogP) is 2.95. The summed E-state index contributed by atoms with van der Waals surface area (Å²) in [5.41, 5.74) is 0.495. The van der Waals surface area contributed by atoms with Crippen LogP contribution in [0.2, 0.25) is 12.6 Å². The van der Waals surface area contributed by atoms with Gasteiger partial charge in [0.2, 0.25) is 9.04 Å². The van der Waals surface area contributed by atoms with Crippen molar-refractivity contribution in [2.75, 3.05) is 6.61 Å². The number of carbonyl (C=O) groups is 2. The third-order valence-corrected chi connectivity index (χ3v) is 4.71. The van der Waals surface area contributed by atoms with Gasteiger partial charge in [-0.2, -0.15) is 0 Å². The molecule has 0 spiro atoms. The van der Waals surface area contributed by atoms with E-state index in [-0.39, 0.29) is 17.7 Å². The minimum absolute atomic E-state index is 0.114. The molecule has 0 saturated heterocycles. The molecule has 0 aromatic heterocycles. The highest BCUT2D eigenvalue weighted by Crippen LogP contribution is 2.13. The van der Waals surface area contributed by atoms with Gasteiger partial charge >= 0.3 is 11.9 Å². The van der Waals surface area contributed by atoms with Gasteiger partial charge in [-0.15, -0.1) is 0 Å². The van der Waals surface area contributed by atoms with Gasteiger partial charge in [0.1, 0.15) is 6.61 Å². The van der Waals surface area contributed by atoms with E-state index in [1.807, 2.05) is 6.55 Å². The molecule has 108 valence electrons. The maximum Gasteiger partial charge on any atom is 0.339 e. The quantitative estimate of drug-likeness (QED) is 0.440. The van der Waals surface area contributed by atoms with Gasteiger partial charge in [0, 0.05) is 0 Å². The highest BCUT2D eigenvalue weighted by atomic mass is 28.3. The molecule has 4 nitrogen and oxygen atoms in total. The van der Waals surface area contributed by atoms with Gasteiger partial charge in [-0.05, 0) is 24.7 Å². The van der Waals surface area contributed by atoms with Gasteiger partial charge in [0.15, 0.2) is 0 Å². The van der Waals surface area contributed by atoms with E-state index in [2.05, 4.69) is 13.5 Å². The van der Waals surface area contributed by atoms with Gasteiger partial charge in [-0.25, -0.2) is 9.59 Å². The molecule has 0 radical (unpaired) electrons. The van der Waals surface area contributed by atoms with Crippen LogP contribution in [0.5, 0.6) is 0 Å². The minimum atomic E-state index is -1.52. The molecule has 0 heterocycles. The van der Waals surface area contributed by atoms with E-state index in [1.165, 1.54) is 6.08 Å². The van der Waals surface area contributed by atoms with Gasteiger partial charge in [0.25, 0.3) is 0 Å². The molecule has 0 aliphatic carbocycles. The van der Waals surface area contributed by atoms with Crippen molar-refractivity contribution in [1.82, 2.24) is 0 Å². The summed E-state index contributed by atoms with van der Waals surface area (Å²) in [6.07, 6.45) is 2.47. The monoisotopic (exact) mass is 292 g/mol. The van der Waals surface area contributed by atoms with Crippen molar-refractivity contribution in [2.24, 2.45) is 0 Å². The Kier molecular flexibility index (Phi) is 6.73. The van der Waals surface area contributed by atoms with Crippen molar-refractivity contribution in [3.05, 3.63) is 48.0 Å². The molecule has 5 heteroatoms. The third kappa shape index (κ3) is 4.66. The Morgan fingerprint density at radius 2 is 1.85 bits per heavy atom. The molecule has 1 aromatic rings. The van der Waals surface area contributed by atoms with E-state index in [0.29, 0.717) is 0 Å². The molecule has 1 atom stereocenters. The largest absolute Gasteiger partial charge is 0.519 e. The van der Waals surface area contributed by atoms with E-state index < -0.39 is 21.0 Å². The summed E-state index contributed by atoms with van der Waals surface area (Å²) in [7, 11) is -1.52. The Balaban J connectivity index is 2.86. The first kappa shape index (κ1) is 16.2. The predicted molar refractivity (Wildman–Crippen MR) is 80.4 cm³/mol. The summed E-state index contributed by atoms with van der Waals surface area (Å²) < 4.78 is 10.4. The number of ether oxygens (including phenoxy) is 1. The zero-order valence-corrected chi connectivity index (χ0v) is 13.1. The van der Waals surface area contributed by atoms with E-state index in [0.717, 1.165) is 12.5 Å². The van der Waals surface area contributed by atoms with Gasteiger partial charge in [0.05, 0.1) is 11.1 Å². The normalized spacial score (nSPS) is 11.5. The average Bonchev–Trinajstić information content (AvgIpc) is 2.44. The average molecular weight is 292 g/mol. The van der Waals surface area contributed by atoms with Crippen LogP contribution in [0.4, 0.5) is 0 Å². The van der Waals surface area contributed by atoms with Crippen LogP contribution in [0.3, 0.4) is 0 Å². The maximum atomic E-state index is 12.1. The zero-order valence-electron chi connectivity index (χ0n) is 11.9. The Hall–Kier alpha value is -1.88. The highest BCUT2D eigenvalue weighted by molar-refractivity contribution is 6.52. The van der Waals surface area contributed by atoms with Gasteiger partial charge in [-0.1, -0.05) is 38.1 Å². The summed E-state index contributed by atoms with van der Waals surface area (Å²) >= 11 is 0. The molecule has 0 amide bonds. The molecule has 0 N–H and O–H groups in total. The first-order valence-electron chi connectivity index (χ1n) is 6.68. The number of esters is 1. The molecule has 0 aliphatic heterocycles. The number of rotatable bonds is 7. The topological polar surface area (TPSA) is 52.6 Å². The van der Waals surface area contributed by atoms with Crippen LogP contribution < -0.4 is 0 Å². The van der Waals surface area contributed by atoms with Crippen LogP contribution in [-0.4, -0.2) is 27.6 Å². The Morgan fingerprint density at radius 3 is 2.40 bits per heavy atom. The molecule has 1 rings (SSSR count). The minimum Gasteiger partial charge on any atom is -0.519 e. The fourth-order valence-electron chi connectivity index (χ4n) is 1.76. The van der Waals surface area contributed by atoms with Crippen molar-refractivity contribution in [3.63, 3.8) is 0 Å². The number of benzene rings is 1. The number of hydrogen-bond donors (Lipinski definition) is 0. The van der Waals surface area contributed by atoms with Crippen molar-refractivity contribution in [3.8, 4) is 0 Å². The smallest absolute Gasteiger partial charge is 0.339 e. The first-order chi connectivity index (χ1) is 9.60. The molecule has 20 heavy (non-hydrogen) atoms. The maximum absolute atomic E-state index is 12.1. The molecule has 1 aromatic carbocycles. The third-order valence-electron chi connectivity index (χ3n) is 2.70. The summed E-state index contributed by atoms with van der Waals surface area (Å²) in [5.74, 6) is -0.981. The van der Waals surface area contributed by atoms with Crippen molar-refractivity contribution in [1.29, 1.82) is 0 Å². The Labute approximate surface area is 121 Å². The summed E-state index contributed by atoms with van der Waals surface area (Å²) in [6, 6.07) is 7.46. The lowest BCUT2D eigenvalue weighted by atomic mass is 10.1. The van der Waals surface area contributed by atoms with E-state index in [4.69, 9.17) is 9.16 Å². The van der Waals surface area contributed by atoms with Crippen LogP contribution in [0.15, 0.2) is 36.9 Å². The molecule has 0 fully saturated rings. The van der Waals surface area contributed by atoms with E-state index in [1.54, 1.807) is 24.3 Å². The number of hydrogen-bond acceptors (Lipinski definition) is 4. The van der Waals surface area contributed by atoms with Gasteiger partial charge < -0.3 is 9.16 Å². The zero-order chi connectivity index (χ0) is 15.0. The van der Waals surface area contributed by atoms with Crippen molar-refractivity contribution in [2.45, 2.75) is 25.9 Å². The fraction of sp³-hybridized carbons (Fsp3) is 0.333. The lowest BCUT2D eigenvalue weighted by molar-refractivity contribution is 0.0539. The molecule has 1 unspecified atom stereocenters. The summed E-state index contributed by atoms with van der Waals surface area (Å²) in [5, 5.41) is 0. The van der Waals surface area contributed by atoms with Crippen molar-refractivity contribution >= 4 is 21.0 Å². The standard InChI is InChI=1S/C15H20O4Si/c1-4-10-18-14(16)12-8-6-7-9-13(12)15(17)19-20(3)11-5-2/h4,6-9,20H,1,5,10-11H2,2-3H3. The fourth-order valence-corrected chi connectivity index (χ4v) is 3.19. The van der Waals surface area contributed by atoms with E-state index in [9.17, 15) is 9.59 Å². The Bertz CT molecular complexity index is 485. The number of carbonyl (C=O) groups excluding carboxylic acids is 2. The van der Waals surface area contributed by atoms with Crippen LogP contribution in [0, 0.1) is 0 Å². The van der Waals surface area contributed by atoms with E-state index >= 15 is 0 Å². The van der Waals surface area contributed by atoms with Crippen LogP contribution in [0.1, 0.15) is 34.1 Å². The molecular weight excluding hydrogens is 272 g/mol. The second kappa shape index (κ2) is 8.32. The molecule has 0 saturated carbocycles. The van der Waals surface area contributed by atoms with Crippen LogP contribution in [-0.2, 0) is 9.16 Å². The first-order valence-corrected chi connectivity index (χ1v) is 9.12. The summed E-state index contributed by atoms with van der Waals surface area (Å²) in [4.78, 5) is 24.0. The molecular formula is C15H20O4Si. The second-order valence-corrected chi connectivity index (χ2v) is 6.87. The lowest BCUT2D eigenvalue weighted by Gasteiger charge is -2.13. The van der Waals surface area contributed by atoms with Crippen LogP contribution >= 0.6 is 0 Å². The second-order valence-electron chi connectivity index (χ2n) is 4.44. The van der Waals surface area contributed by atoms with Gasteiger partial charge in [-0.3, -0.25) is 0 Å².